The summed E-state index contributed by atoms with van der Waals surface area (Å²) in [6.07, 6.45) is 1.44. The van der Waals surface area contributed by atoms with Crippen LogP contribution >= 0.6 is 23.2 Å². The number of methoxy groups -OCH3 is 1. The Morgan fingerprint density at radius 1 is 1.06 bits per heavy atom. The van der Waals surface area contributed by atoms with E-state index in [-0.39, 0.29) is 22.2 Å². The SMILES string of the molecule is COc1ccc(CNC(=O)/C(C#N)=C\c2cc(Cl)c(OCc3cccc(C)c3)c(Cl)c2)cc1. The molecule has 33 heavy (non-hydrogen) atoms. The van der Waals surface area contributed by atoms with Crippen LogP contribution in [0.5, 0.6) is 11.5 Å². The van der Waals surface area contributed by atoms with Crippen LogP contribution in [0.4, 0.5) is 0 Å². The van der Waals surface area contributed by atoms with E-state index in [2.05, 4.69) is 5.32 Å². The summed E-state index contributed by atoms with van der Waals surface area (Å²) in [6.45, 7) is 2.59. The zero-order chi connectivity index (χ0) is 23.8. The number of halogens is 2. The zero-order valence-electron chi connectivity index (χ0n) is 18.2. The van der Waals surface area contributed by atoms with Gasteiger partial charge in [-0.3, -0.25) is 4.79 Å². The Bertz CT molecular complexity index is 1190. The van der Waals surface area contributed by atoms with E-state index in [1.165, 1.54) is 6.08 Å². The summed E-state index contributed by atoms with van der Waals surface area (Å²) in [7, 11) is 1.59. The van der Waals surface area contributed by atoms with E-state index in [0.717, 1.165) is 22.4 Å². The van der Waals surface area contributed by atoms with Crippen molar-refractivity contribution in [1.82, 2.24) is 5.32 Å². The van der Waals surface area contributed by atoms with Crippen molar-refractivity contribution in [3.8, 4) is 17.6 Å². The van der Waals surface area contributed by atoms with Crippen LogP contribution in [-0.4, -0.2) is 13.0 Å². The van der Waals surface area contributed by atoms with Crippen molar-refractivity contribution in [3.63, 3.8) is 0 Å². The number of nitrogens with zero attached hydrogens (tertiary/aromatic N) is 1. The number of carbonyl (C=O) groups excluding carboxylic acids is 1. The zero-order valence-corrected chi connectivity index (χ0v) is 19.7. The third kappa shape index (κ3) is 6.76. The number of nitrogens with one attached hydrogen (secondary N) is 1. The third-order valence-corrected chi connectivity index (χ3v) is 5.34. The normalized spacial score (nSPS) is 10.9. The second kappa shape index (κ2) is 11.4. The maximum atomic E-state index is 12.5. The van der Waals surface area contributed by atoms with Crippen LogP contribution in [0.1, 0.15) is 22.3 Å². The Kier molecular flexibility index (Phi) is 8.37. The van der Waals surface area contributed by atoms with Crippen molar-refractivity contribution >= 4 is 35.2 Å². The summed E-state index contributed by atoms with van der Waals surface area (Å²) in [5.41, 5.74) is 3.45. The highest BCUT2D eigenvalue weighted by Gasteiger charge is 2.13. The van der Waals surface area contributed by atoms with Gasteiger partial charge in [-0.15, -0.1) is 0 Å². The first-order chi connectivity index (χ1) is 15.9. The highest BCUT2D eigenvalue weighted by Crippen LogP contribution is 2.35. The van der Waals surface area contributed by atoms with Gasteiger partial charge in [0.15, 0.2) is 5.75 Å². The molecule has 1 amide bonds. The summed E-state index contributed by atoms with van der Waals surface area (Å²) in [4.78, 5) is 12.5. The van der Waals surface area contributed by atoms with Gasteiger partial charge >= 0.3 is 0 Å². The van der Waals surface area contributed by atoms with Gasteiger partial charge in [0, 0.05) is 6.54 Å². The molecular weight excluding hydrogens is 459 g/mol. The lowest BCUT2D eigenvalue weighted by Crippen LogP contribution is -2.23. The molecule has 0 atom stereocenters. The monoisotopic (exact) mass is 480 g/mol. The van der Waals surface area contributed by atoms with Gasteiger partial charge in [-0.1, -0.05) is 65.2 Å². The smallest absolute Gasteiger partial charge is 0.262 e. The predicted octanol–water partition coefficient (Wildman–Crippen LogP) is 6.11. The molecule has 0 aliphatic rings. The number of benzene rings is 3. The van der Waals surface area contributed by atoms with Crippen LogP contribution < -0.4 is 14.8 Å². The van der Waals surface area contributed by atoms with Gasteiger partial charge in [0.2, 0.25) is 0 Å². The van der Waals surface area contributed by atoms with Gasteiger partial charge in [0.1, 0.15) is 24.0 Å². The number of rotatable bonds is 8. The number of carbonyl (C=O) groups is 1. The molecular formula is C26H22Cl2N2O3. The first-order valence-corrected chi connectivity index (χ1v) is 10.9. The highest BCUT2D eigenvalue weighted by atomic mass is 35.5. The van der Waals surface area contributed by atoms with Gasteiger partial charge in [0.25, 0.3) is 5.91 Å². The number of aryl methyl sites for hydroxylation is 1. The fourth-order valence-electron chi connectivity index (χ4n) is 3.09. The molecule has 3 aromatic carbocycles. The first kappa shape index (κ1) is 24.2. The molecule has 0 aliphatic carbocycles. The van der Waals surface area contributed by atoms with Crippen LogP contribution in [-0.2, 0) is 17.9 Å². The van der Waals surface area contributed by atoms with Crippen LogP contribution in [0, 0.1) is 18.3 Å². The van der Waals surface area contributed by atoms with Gasteiger partial charge in [-0.25, -0.2) is 0 Å². The van der Waals surface area contributed by atoms with E-state index in [4.69, 9.17) is 32.7 Å². The molecule has 0 radical (unpaired) electrons. The summed E-state index contributed by atoms with van der Waals surface area (Å²) >= 11 is 12.7. The lowest BCUT2D eigenvalue weighted by atomic mass is 10.1. The minimum atomic E-state index is -0.500. The van der Waals surface area contributed by atoms with Crippen LogP contribution in [0.15, 0.2) is 66.2 Å². The fourth-order valence-corrected chi connectivity index (χ4v) is 3.71. The van der Waals surface area contributed by atoms with Gasteiger partial charge < -0.3 is 14.8 Å². The maximum Gasteiger partial charge on any atom is 0.262 e. The highest BCUT2D eigenvalue weighted by molar-refractivity contribution is 6.37. The molecule has 0 aliphatic heterocycles. The Morgan fingerprint density at radius 2 is 1.76 bits per heavy atom. The van der Waals surface area contributed by atoms with Crippen molar-refractivity contribution in [2.75, 3.05) is 7.11 Å². The van der Waals surface area contributed by atoms with Crippen molar-refractivity contribution in [2.24, 2.45) is 0 Å². The number of ether oxygens (including phenoxy) is 2. The molecule has 0 aromatic heterocycles. The molecule has 0 heterocycles. The first-order valence-electron chi connectivity index (χ1n) is 10.1. The van der Waals surface area contributed by atoms with E-state index >= 15 is 0 Å². The van der Waals surface area contributed by atoms with Crippen LogP contribution in [0.2, 0.25) is 10.0 Å². The average Bonchev–Trinajstić information content (AvgIpc) is 2.81. The van der Waals surface area contributed by atoms with Gasteiger partial charge in [-0.05, 0) is 54.0 Å². The largest absolute Gasteiger partial charge is 0.497 e. The Balaban J connectivity index is 1.69. The molecule has 0 fully saturated rings. The van der Waals surface area contributed by atoms with Crippen LogP contribution in [0.3, 0.4) is 0 Å². The summed E-state index contributed by atoms with van der Waals surface area (Å²) in [5.74, 6) is 0.572. The molecule has 7 heteroatoms. The van der Waals surface area contributed by atoms with Crippen molar-refractivity contribution in [3.05, 3.63) is 98.5 Å². The molecule has 0 bridgehead atoms. The van der Waals surface area contributed by atoms with E-state index in [1.54, 1.807) is 31.4 Å². The average molecular weight is 481 g/mol. The molecule has 5 nitrogen and oxygen atoms in total. The Labute approximate surface area is 203 Å². The number of hydrogen-bond acceptors (Lipinski definition) is 4. The predicted molar refractivity (Wildman–Crippen MR) is 130 cm³/mol. The topological polar surface area (TPSA) is 71.3 Å². The Hall–Kier alpha value is -3.46. The molecule has 1 N–H and O–H groups in total. The minimum Gasteiger partial charge on any atom is -0.497 e. The van der Waals surface area contributed by atoms with Crippen molar-refractivity contribution < 1.29 is 14.3 Å². The lowest BCUT2D eigenvalue weighted by molar-refractivity contribution is -0.117. The molecule has 3 rings (SSSR count). The van der Waals surface area contributed by atoms with Gasteiger partial charge in [0.05, 0.1) is 17.2 Å². The number of hydrogen-bond donors (Lipinski definition) is 1. The molecule has 0 spiro atoms. The van der Waals surface area contributed by atoms with Crippen LogP contribution in [0.25, 0.3) is 6.08 Å². The van der Waals surface area contributed by atoms with E-state index in [0.29, 0.717) is 17.9 Å². The number of amides is 1. The van der Waals surface area contributed by atoms with Crippen molar-refractivity contribution in [1.29, 1.82) is 5.26 Å². The second-order valence-electron chi connectivity index (χ2n) is 7.29. The van der Waals surface area contributed by atoms with E-state index in [9.17, 15) is 10.1 Å². The molecule has 0 saturated heterocycles. The number of nitriles is 1. The third-order valence-electron chi connectivity index (χ3n) is 4.77. The lowest BCUT2D eigenvalue weighted by Gasteiger charge is -2.12. The quantitative estimate of drug-likeness (QED) is 0.311. The minimum absolute atomic E-state index is 0.0657. The second-order valence-corrected chi connectivity index (χ2v) is 8.11. The Morgan fingerprint density at radius 3 is 2.36 bits per heavy atom. The van der Waals surface area contributed by atoms with Crippen molar-refractivity contribution in [2.45, 2.75) is 20.1 Å². The summed E-state index contributed by atoms with van der Waals surface area (Å²) in [6, 6.07) is 20.3. The fraction of sp³-hybridized carbons (Fsp3) is 0.154. The molecule has 168 valence electrons. The molecule has 0 unspecified atom stereocenters. The van der Waals surface area contributed by atoms with E-state index < -0.39 is 5.91 Å². The van der Waals surface area contributed by atoms with Gasteiger partial charge in [-0.2, -0.15) is 5.26 Å². The maximum absolute atomic E-state index is 12.5. The molecule has 3 aromatic rings. The molecule has 0 saturated carbocycles. The van der Waals surface area contributed by atoms with E-state index in [1.807, 2.05) is 49.4 Å². The standard InChI is InChI=1S/C26H22Cl2N2O3/c1-17-4-3-5-19(10-17)16-33-25-23(27)12-20(13-24(25)28)11-21(14-29)26(31)30-15-18-6-8-22(32-2)9-7-18/h3-13H,15-16H2,1-2H3,(H,30,31)/b21-11-. The summed E-state index contributed by atoms with van der Waals surface area (Å²) < 4.78 is 10.9. The summed E-state index contributed by atoms with van der Waals surface area (Å²) in [5, 5.41) is 12.8.